The van der Waals surface area contributed by atoms with Crippen molar-refractivity contribution < 1.29 is 4.79 Å². The molecule has 0 aliphatic rings. The normalized spacial score (nSPS) is 12.4. The largest absolute Gasteiger partial charge is 0.366 e. The highest BCUT2D eigenvalue weighted by atomic mass is 16.1. The lowest BCUT2D eigenvalue weighted by atomic mass is 9.91. The molecule has 1 unspecified atom stereocenters. The van der Waals surface area contributed by atoms with Gasteiger partial charge in [0.1, 0.15) is 0 Å². The van der Waals surface area contributed by atoms with Gasteiger partial charge in [-0.05, 0) is 36.5 Å². The molecule has 82 valence electrons. The Balaban J connectivity index is 2.92. The maximum absolute atomic E-state index is 11.0. The highest BCUT2D eigenvalue weighted by Crippen LogP contribution is 2.25. The zero-order valence-corrected chi connectivity index (χ0v) is 9.49. The van der Waals surface area contributed by atoms with Crippen molar-refractivity contribution in [3.05, 3.63) is 35.4 Å². The molecule has 0 fully saturated rings. The molecule has 2 N–H and O–H groups in total. The first kappa shape index (κ1) is 11.8. The van der Waals surface area contributed by atoms with Crippen LogP contribution in [0.4, 0.5) is 0 Å². The van der Waals surface area contributed by atoms with Gasteiger partial charge in [0.2, 0.25) is 5.91 Å². The van der Waals surface area contributed by atoms with E-state index in [9.17, 15) is 4.79 Å². The lowest BCUT2D eigenvalue weighted by molar-refractivity contribution is 0.1000. The van der Waals surface area contributed by atoms with Gasteiger partial charge in [-0.25, -0.2) is 0 Å². The number of primary amides is 1. The Morgan fingerprint density at radius 1 is 1.40 bits per heavy atom. The summed E-state index contributed by atoms with van der Waals surface area (Å²) < 4.78 is 0. The minimum absolute atomic E-state index is 0.344. The molecule has 0 heterocycles. The summed E-state index contributed by atoms with van der Waals surface area (Å²) in [6.07, 6.45) is 3.44. The molecule has 15 heavy (non-hydrogen) atoms. The summed E-state index contributed by atoms with van der Waals surface area (Å²) in [4.78, 5) is 11.0. The molecule has 0 aliphatic carbocycles. The fraction of sp³-hybridized carbons (Fsp3) is 0.462. The van der Waals surface area contributed by atoms with Gasteiger partial charge in [-0.15, -0.1) is 0 Å². The minimum atomic E-state index is -0.344. The third kappa shape index (κ3) is 3.08. The van der Waals surface area contributed by atoms with Gasteiger partial charge in [-0.1, -0.05) is 32.4 Å². The molecule has 1 rings (SSSR count). The average molecular weight is 205 g/mol. The van der Waals surface area contributed by atoms with Gasteiger partial charge in [0.25, 0.3) is 0 Å². The SMILES string of the molecule is CCCC(CC)c1cccc(C(N)=O)c1. The fourth-order valence-corrected chi connectivity index (χ4v) is 1.90. The first-order chi connectivity index (χ1) is 7.19. The molecule has 0 aliphatic heterocycles. The second-order valence-corrected chi connectivity index (χ2v) is 3.88. The lowest BCUT2D eigenvalue weighted by Gasteiger charge is -2.14. The van der Waals surface area contributed by atoms with Gasteiger partial charge in [0.15, 0.2) is 0 Å². The zero-order valence-electron chi connectivity index (χ0n) is 9.49. The molecule has 2 heteroatoms. The van der Waals surface area contributed by atoms with Crippen molar-refractivity contribution in [2.45, 2.75) is 39.0 Å². The van der Waals surface area contributed by atoms with Crippen LogP contribution in [0.25, 0.3) is 0 Å². The zero-order chi connectivity index (χ0) is 11.3. The Morgan fingerprint density at radius 3 is 2.67 bits per heavy atom. The van der Waals surface area contributed by atoms with Crippen molar-refractivity contribution in [1.82, 2.24) is 0 Å². The second kappa shape index (κ2) is 5.54. The minimum Gasteiger partial charge on any atom is -0.366 e. The highest BCUT2D eigenvalue weighted by molar-refractivity contribution is 5.92. The van der Waals surface area contributed by atoms with Crippen molar-refractivity contribution in [3.8, 4) is 0 Å². The third-order valence-corrected chi connectivity index (χ3v) is 2.77. The third-order valence-electron chi connectivity index (χ3n) is 2.77. The quantitative estimate of drug-likeness (QED) is 0.788. The molecule has 0 radical (unpaired) electrons. The summed E-state index contributed by atoms with van der Waals surface area (Å²) in [5.74, 6) is 0.206. The molecule has 0 aromatic heterocycles. The molecular weight excluding hydrogens is 186 g/mol. The van der Waals surface area contributed by atoms with Crippen LogP contribution in [0, 0.1) is 0 Å². The van der Waals surface area contributed by atoms with Crippen molar-refractivity contribution in [1.29, 1.82) is 0 Å². The summed E-state index contributed by atoms with van der Waals surface area (Å²) in [6, 6.07) is 7.68. The predicted octanol–water partition coefficient (Wildman–Crippen LogP) is 3.08. The number of hydrogen-bond acceptors (Lipinski definition) is 1. The molecule has 0 saturated heterocycles. The van der Waals surface area contributed by atoms with Crippen LogP contribution < -0.4 is 5.73 Å². The maximum Gasteiger partial charge on any atom is 0.248 e. The van der Waals surface area contributed by atoms with E-state index < -0.39 is 0 Å². The molecule has 1 aromatic carbocycles. The molecule has 2 nitrogen and oxygen atoms in total. The molecule has 0 bridgehead atoms. The van der Waals surface area contributed by atoms with Crippen molar-refractivity contribution in [2.24, 2.45) is 5.73 Å². The van der Waals surface area contributed by atoms with Gasteiger partial charge in [0, 0.05) is 5.56 Å². The fourth-order valence-electron chi connectivity index (χ4n) is 1.90. The van der Waals surface area contributed by atoms with Crippen LogP contribution in [-0.2, 0) is 0 Å². The van der Waals surface area contributed by atoms with E-state index >= 15 is 0 Å². The van der Waals surface area contributed by atoms with Crippen LogP contribution in [0.3, 0.4) is 0 Å². The van der Waals surface area contributed by atoms with E-state index in [1.165, 1.54) is 18.4 Å². The summed E-state index contributed by atoms with van der Waals surface area (Å²) in [7, 11) is 0. The Labute approximate surface area is 91.5 Å². The maximum atomic E-state index is 11.0. The van der Waals surface area contributed by atoms with E-state index in [-0.39, 0.29) is 5.91 Å². The first-order valence-electron chi connectivity index (χ1n) is 5.58. The van der Waals surface area contributed by atoms with Gasteiger partial charge < -0.3 is 5.73 Å². The van der Waals surface area contributed by atoms with E-state index in [2.05, 4.69) is 19.9 Å². The van der Waals surface area contributed by atoms with Gasteiger partial charge >= 0.3 is 0 Å². The Morgan fingerprint density at radius 2 is 2.13 bits per heavy atom. The van der Waals surface area contributed by atoms with Crippen molar-refractivity contribution in [2.75, 3.05) is 0 Å². The van der Waals surface area contributed by atoms with E-state index in [1.54, 1.807) is 6.07 Å². The molecule has 1 aromatic rings. The summed E-state index contributed by atoms with van der Waals surface area (Å²) in [5, 5.41) is 0. The average Bonchev–Trinajstić information content (AvgIpc) is 2.26. The Bertz CT molecular complexity index is 333. The van der Waals surface area contributed by atoms with Crippen LogP contribution in [0.1, 0.15) is 54.9 Å². The molecule has 0 saturated carbocycles. The number of amides is 1. The number of carbonyl (C=O) groups excluding carboxylic acids is 1. The molecular formula is C13H19NO. The molecule has 1 amide bonds. The van der Waals surface area contributed by atoms with E-state index in [1.807, 2.05) is 12.1 Å². The lowest BCUT2D eigenvalue weighted by Crippen LogP contribution is -2.11. The number of carbonyl (C=O) groups is 1. The van der Waals surface area contributed by atoms with Crippen LogP contribution in [0.5, 0.6) is 0 Å². The van der Waals surface area contributed by atoms with E-state index in [4.69, 9.17) is 5.73 Å². The number of rotatable bonds is 5. The standard InChI is InChI=1S/C13H19NO/c1-3-6-10(4-2)11-7-5-8-12(9-11)13(14)15/h5,7-10H,3-4,6H2,1-2H3,(H2,14,15). The van der Waals surface area contributed by atoms with Gasteiger partial charge in [0.05, 0.1) is 0 Å². The summed E-state index contributed by atoms with van der Waals surface area (Å²) >= 11 is 0. The summed E-state index contributed by atoms with van der Waals surface area (Å²) in [5.41, 5.74) is 7.10. The summed E-state index contributed by atoms with van der Waals surface area (Å²) in [6.45, 7) is 4.36. The Hall–Kier alpha value is -1.31. The number of hydrogen-bond donors (Lipinski definition) is 1. The van der Waals surface area contributed by atoms with E-state index in [0.717, 1.165) is 6.42 Å². The van der Waals surface area contributed by atoms with Crippen LogP contribution in [-0.4, -0.2) is 5.91 Å². The second-order valence-electron chi connectivity index (χ2n) is 3.88. The first-order valence-corrected chi connectivity index (χ1v) is 5.58. The monoisotopic (exact) mass is 205 g/mol. The topological polar surface area (TPSA) is 43.1 Å². The van der Waals surface area contributed by atoms with Gasteiger partial charge in [-0.3, -0.25) is 4.79 Å². The van der Waals surface area contributed by atoms with Crippen LogP contribution in [0.2, 0.25) is 0 Å². The van der Waals surface area contributed by atoms with E-state index in [0.29, 0.717) is 11.5 Å². The molecule has 1 atom stereocenters. The van der Waals surface area contributed by atoms with Gasteiger partial charge in [-0.2, -0.15) is 0 Å². The van der Waals surface area contributed by atoms with Crippen molar-refractivity contribution in [3.63, 3.8) is 0 Å². The van der Waals surface area contributed by atoms with Crippen LogP contribution >= 0.6 is 0 Å². The predicted molar refractivity (Wildman–Crippen MR) is 62.9 cm³/mol. The number of benzene rings is 1. The highest BCUT2D eigenvalue weighted by Gasteiger charge is 2.09. The smallest absolute Gasteiger partial charge is 0.248 e. The molecule has 0 spiro atoms. The Kier molecular flexibility index (Phi) is 4.35. The van der Waals surface area contributed by atoms with Crippen molar-refractivity contribution >= 4 is 5.91 Å². The van der Waals surface area contributed by atoms with Crippen LogP contribution in [0.15, 0.2) is 24.3 Å². The number of nitrogens with two attached hydrogens (primary N) is 1.